The lowest BCUT2D eigenvalue weighted by molar-refractivity contribution is -0.137. The number of carbonyl (C=O) groups excluding carboxylic acids is 1. The molecule has 1 aromatic rings. The van der Waals surface area contributed by atoms with Gasteiger partial charge in [0.2, 0.25) is 0 Å². The molecule has 0 aliphatic heterocycles. The van der Waals surface area contributed by atoms with Crippen LogP contribution in [0.15, 0.2) is 30.3 Å². The second kappa shape index (κ2) is 9.03. The Morgan fingerprint density at radius 1 is 1.42 bits per heavy atom. The number of aliphatic carboxylic acids is 1. The van der Waals surface area contributed by atoms with Gasteiger partial charge in [0.1, 0.15) is 5.78 Å². The molecular weight excluding hydrogens is 324 g/mol. The highest BCUT2D eigenvalue weighted by atomic mass is 35.5. The maximum absolute atomic E-state index is 12.3. The van der Waals surface area contributed by atoms with Crippen molar-refractivity contribution in [2.24, 2.45) is 17.8 Å². The van der Waals surface area contributed by atoms with Crippen molar-refractivity contribution >= 4 is 29.4 Å². The molecule has 4 heteroatoms. The van der Waals surface area contributed by atoms with Gasteiger partial charge in [-0.25, -0.2) is 0 Å². The molecule has 1 aliphatic carbocycles. The Morgan fingerprint density at radius 2 is 2.21 bits per heavy atom. The summed E-state index contributed by atoms with van der Waals surface area (Å²) in [7, 11) is 0. The van der Waals surface area contributed by atoms with Gasteiger partial charge in [0.15, 0.2) is 0 Å². The maximum Gasteiger partial charge on any atom is 0.303 e. The third kappa shape index (κ3) is 5.48. The van der Waals surface area contributed by atoms with E-state index >= 15 is 0 Å². The van der Waals surface area contributed by atoms with E-state index in [4.69, 9.17) is 16.7 Å². The topological polar surface area (TPSA) is 54.4 Å². The molecule has 1 fully saturated rings. The lowest BCUT2D eigenvalue weighted by Crippen LogP contribution is -2.22. The van der Waals surface area contributed by atoms with E-state index in [-0.39, 0.29) is 18.3 Å². The van der Waals surface area contributed by atoms with Crippen LogP contribution in [0.4, 0.5) is 0 Å². The van der Waals surface area contributed by atoms with Gasteiger partial charge in [-0.15, -0.1) is 0 Å². The molecule has 1 saturated carbocycles. The van der Waals surface area contributed by atoms with Gasteiger partial charge in [0.05, 0.1) is 0 Å². The average Bonchev–Trinajstić information content (AvgIpc) is 2.90. The summed E-state index contributed by atoms with van der Waals surface area (Å²) in [5.41, 5.74) is 1.05. The standard InChI is InChI=1S/C20H25ClO3/c1-14(5-2-3-8-19(23)24)20-16(11-12-18(20)22)10-9-15-6-4-7-17(21)13-15/h4,6-7,9-10,13-14,16,20H,2-3,5,8,11-12H2,1H3,(H,23,24)/b10-9+. The number of unbranched alkanes of at least 4 members (excludes halogenated alkanes) is 1. The fourth-order valence-corrected chi connectivity index (χ4v) is 3.81. The number of allylic oxidation sites excluding steroid dienone is 1. The van der Waals surface area contributed by atoms with Gasteiger partial charge in [-0.2, -0.15) is 0 Å². The van der Waals surface area contributed by atoms with E-state index in [9.17, 15) is 9.59 Å². The number of ketones is 1. The molecule has 24 heavy (non-hydrogen) atoms. The molecule has 0 aromatic heterocycles. The van der Waals surface area contributed by atoms with Crippen LogP contribution in [0.2, 0.25) is 5.02 Å². The van der Waals surface area contributed by atoms with E-state index < -0.39 is 5.97 Å². The highest BCUT2D eigenvalue weighted by molar-refractivity contribution is 6.30. The van der Waals surface area contributed by atoms with Gasteiger partial charge >= 0.3 is 5.97 Å². The van der Waals surface area contributed by atoms with E-state index in [1.54, 1.807) is 0 Å². The molecule has 3 nitrogen and oxygen atoms in total. The lowest BCUT2D eigenvalue weighted by atomic mass is 9.81. The normalized spacial score (nSPS) is 22.2. The molecule has 130 valence electrons. The van der Waals surface area contributed by atoms with Crippen LogP contribution in [0, 0.1) is 17.8 Å². The number of carbonyl (C=O) groups is 2. The first-order chi connectivity index (χ1) is 11.5. The minimum Gasteiger partial charge on any atom is -0.481 e. The van der Waals surface area contributed by atoms with Crippen LogP contribution >= 0.6 is 11.6 Å². The van der Waals surface area contributed by atoms with Gasteiger partial charge in [-0.3, -0.25) is 9.59 Å². The Hall–Kier alpha value is -1.61. The van der Waals surface area contributed by atoms with Gasteiger partial charge in [0, 0.05) is 23.8 Å². The van der Waals surface area contributed by atoms with E-state index in [0.29, 0.717) is 29.6 Å². The monoisotopic (exact) mass is 348 g/mol. The van der Waals surface area contributed by atoms with E-state index in [1.165, 1.54) is 0 Å². The highest BCUT2D eigenvalue weighted by Gasteiger charge is 2.36. The van der Waals surface area contributed by atoms with Gasteiger partial charge in [-0.05, 0) is 48.8 Å². The number of hydrogen-bond donors (Lipinski definition) is 1. The zero-order valence-electron chi connectivity index (χ0n) is 14.1. The zero-order chi connectivity index (χ0) is 17.5. The number of halogens is 1. The first-order valence-electron chi connectivity index (χ1n) is 8.65. The zero-order valence-corrected chi connectivity index (χ0v) is 14.8. The van der Waals surface area contributed by atoms with E-state index in [1.807, 2.05) is 24.3 Å². The van der Waals surface area contributed by atoms with Crippen LogP contribution in [-0.4, -0.2) is 16.9 Å². The third-order valence-electron chi connectivity index (χ3n) is 4.85. The number of rotatable bonds is 8. The van der Waals surface area contributed by atoms with Crippen LogP contribution in [0.1, 0.15) is 51.0 Å². The molecule has 0 bridgehead atoms. The average molecular weight is 349 g/mol. The highest BCUT2D eigenvalue weighted by Crippen LogP contribution is 2.37. The molecule has 3 atom stereocenters. The predicted octanol–water partition coefficient (Wildman–Crippen LogP) is 5.23. The summed E-state index contributed by atoms with van der Waals surface area (Å²) in [6.45, 7) is 2.12. The Kier molecular flexibility index (Phi) is 7.04. The molecule has 0 heterocycles. The molecule has 2 rings (SSSR count). The molecule has 3 unspecified atom stereocenters. The lowest BCUT2D eigenvalue weighted by Gasteiger charge is -2.22. The first kappa shape index (κ1) is 18.7. The summed E-state index contributed by atoms with van der Waals surface area (Å²) in [6, 6.07) is 7.69. The summed E-state index contributed by atoms with van der Waals surface area (Å²) in [5, 5.41) is 9.41. The Bertz CT molecular complexity index is 609. The molecule has 0 amide bonds. The quantitative estimate of drug-likeness (QED) is 0.654. The largest absolute Gasteiger partial charge is 0.481 e. The van der Waals surface area contributed by atoms with Crippen LogP contribution in [0.5, 0.6) is 0 Å². The van der Waals surface area contributed by atoms with Crippen molar-refractivity contribution in [2.75, 3.05) is 0 Å². The molecule has 0 saturated heterocycles. The van der Waals surface area contributed by atoms with E-state index in [2.05, 4.69) is 19.1 Å². The fourth-order valence-electron chi connectivity index (χ4n) is 3.62. The Balaban J connectivity index is 1.94. The summed E-state index contributed by atoms with van der Waals surface area (Å²) in [6.07, 6.45) is 8.42. The SMILES string of the molecule is CC(CCCCC(=O)O)C1C(=O)CCC1/C=C/c1cccc(Cl)c1. The number of hydrogen-bond acceptors (Lipinski definition) is 2. The van der Waals surface area contributed by atoms with Crippen LogP contribution in [-0.2, 0) is 9.59 Å². The fraction of sp³-hybridized carbons (Fsp3) is 0.500. The van der Waals surface area contributed by atoms with Gasteiger partial charge in [-0.1, -0.05) is 49.2 Å². The van der Waals surface area contributed by atoms with Crippen molar-refractivity contribution in [1.82, 2.24) is 0 Å². The summed E-state index contributed by atoms with van der Waals surface area (Å²) < 4.78 is 0. The maximum atomic E-state index is 12.3. The third-order valence-corrected chi connectivity index (χ3v) is 5.09. The molecule has 0 radical (unpaired) electrons. The van der Waals surface area contributed by atoms with Crippen molar-refractivity contribution < 1.29 is 14.7 Å². The molecule has 1 N–H and O–H groups in total. The molecular formula is C20H25ClO3. The van der Waals surface area contributed by atoms with Crippen molar-refractivity contribution in [3.63, 3.8) is 0 Å². The predicted molar refractivity (Wildman–Crippen MR) is 97.0 cm³/mol. The van der Waals surface area contributed by atoms with Crippen LogP contribution < -0.4 is 0 Å². The second-order valence-electron chi connectivity index (χ2n) is 6.73. The number of benzene rings is 1. The Labute approximate surface area is 148 Å². The smallest absolute Gasteiger partial charge is 0.303 e. The van der Waals surface area contributed by atoms with Crippen molar-refractivity contribution in [3.8, 4) is 0 Å². The molecule has 1 aromatic carbocycles. The van der Waals surface area contributed by atoms with E-state index in [0.717, 1.165) is 24.8 Å². The van der Waals surface area contributed by atoms with Crippen LogP contribution in [0.3, 0.4) is 0 Å². The Morgan fingerprint density at radius 3 is 2.92 bits per heavy atom. The number of Topliss-reactive ketones (excluding diaryl/α,β-unsaturated/α-hetero) is 1. The molecule has 0 spiro atoms. The summed E-state index contributed by atoms with van der Waals surface area (Å²) in [4.78, 5) is 22.9. The number of carboxylic acid groups (broad SMARTS) is 1. The van der Waals surface area contributed by atoms with Gasteiger partial charge in [0.25, 0.3) is 0 Å². The minimum absolute atomic E-state index is 0.0604. The van der Waals surface area contributed by atoms with Crippen LogP contribution in [0.25, 0.3) is 6.08 Å². The summed E-state index contributed by atoms with van der Waals surface area (Å²) >= 11 is 6.01. The number of carboxylic acids is 1. The second-order valence-corrected chi connectivity index (χ2v) is 7.16. The molecule has 1 aliphatic rings. The van der Waals surface area contributed by atoms with Crippen molar-refractivity contribution in [2.45, 2.75) is 45.4 Å². The first-order valence-corrected chi connectivity index (χ1v) is 9.03. The van der Waals surface area contributed by atoms with Gasteiger partial charge < -0.3 is 5.11 Å². The van der Waals surface area contributed by atoms with Crippen molar-refractivity contribution in [3.05, 3.63) is 40.9 Å². The minimum atomic E-state index is -0.748. The van der Waals surface area contributed by atoms with Crippen molar-refractivity contribution in [1.29, 1.82) is 0 Å². The summed E-state index contributed by atoms with van der Waals surface area (Å²) in [5.74, 6) is 0.224.